The van der Waals surface area contributed by atoms with Crippen LogP contribution in [-0.4, -0.2) is 60.4 Å². The van der Waals surface area contributed by atoms with Crippen LogP contribution in [0.2, 0.25) is 0 Å². The number of rotatable bonds is 4. The van der Waals surface area contributed by atoms with Crippen molar-refractivity contribution in [3.05, 3.63) is 48.3 Å². The molecule has 0 spiro atoms. The van der Waals surface area contributed by atoms with Crippen molar-refractivity contribution >= 4 is 17.6 Å². The van der Waals surface area contributed by atoms with Crippen LogP contribution in [0.15, 0.2) is 36.9 Å². The van der Waals surface area contributed by atoms with Gasteiger partial charge in [0.1, 0.15) is 5.69 Å². The van der Waals surface area contributed by atoms with E-state index in [4.69, 9.17) is 0 Å². The number of nitrogens with zero attached hydrogens (tertiary/aromatic N) is 5. The van der Waals surface area contributed by atoms with Gasteiger partial charge in [0.15, 0.2) is 0 Å². The number of likely N-dealkylation sites (tertiary alicyclic amines) is 1. The summed E-state index contributed by atoms with van der Waals surface area (Å²) in [6.07, 6.45) is 10.3. The van der Waals surface area contributed by atoms with Gasteiger partial charge in [0.2, 0.25) is 11.7 Å². The highest BCUT2D eigenvalue weighted by Crippen LogP contribution is 2.37. The molecule has 1 saturated carbocycles. The summed E-state index contributed by atoms with van der Waals surface area (Å²) in [7, 11) is 0. The Balaban J connectivity index is 1.27. The number of aromatic amines is 1. The normalized spacial score (nSPS) is 23.9. The van der Waals surface area contributed by atoms with Gasteiger partial charge >= 0.3 is 0 Å². The first-order chi connectivity index (χ1) is 14.2. The number of aromatic nitrogens is 5. The van der Waals surface area contributed by atoms with Crippen molar-refractivity contribution in [3.63, 3.8) is 0 Å². The molecule has 2 aliphatic rings. The van der Waals surface area contributed by atoms with E-state index in [1.54, 1.807) is 23.0 Å². The molecule has 1 aliphatic carbocycles. The summed E-state index contributed by atoms with van der Waals surface area (Å²) in [5.74, 6) is 1.16. The van der Waals surface area contributed by atoms with E-state index in [-0.39, 0.29) is 23.8 Å². The summed E-state index contributed by atoms with van der Waals surface area (Å²) in [5, 5.41) is 9.91. The number of amides is 2. The van der Waals surface area contributed by atoms with Crippen molar-refractivity contribution in [2.75, 3.05) is 13.1 Å². The van der Waals surface area contributed by atoms with Crippen molar-refractivity contribution in [1.82, 2.24) is 34.8 Å². The van der Waals surface area contributed by atoms with E-state index in [1.807, 2.05) is 23.2 Å². The van der Waals surface area contributed by atoms with Gasteiger partial charge in [-0.2, -0.15) is 5.10 Å². The van der Waals surface area contributed by atoms with Crippen LogP contribution >= 0.6 is 0 Å². The maximum absolute atomic E-state index is 13.0. The molecule has 0 unspecified atom stereocenters. The highest BCUT2D eigenvalue weighted by molar-refractivity contribution is 5.93. The van der Waals surface area contributed by atoms with Crippen molar-refractivity contribution in [1.29, 1.82) is 0 Å². The Hall–Kier alpha value is -3.23. The molecule has 2 fully saturated rings. The second kappa shape index (κ2) is 7.31. The summed E-state index contributed by atoms with van der Waals surface area (Å²) in [6, 6.07) is 3.72. The molecule has 4 heterocycles. The largest absolute Gasteiger partial charge is 0.353 e. The highest BCUT2D eigenvalue weighted by Gasteiger charge is 2.42. The first-order valence-electron chi connectivity index (χ1n) is 10.0. The quantitative estimate of drug-likeness (QED) is 0.689. The number of imidazole rings is 1. The summed E-state index contributed by atoms with van der Waals surface area (Å²) < 4.78 is 1.76. The molecule has 1 saturated heterocycles. The number of hydrogen-bond acceptors (Lipinski definition) is 5. The number of H-pyrrole nitrogens is 1. The Kier molecular flexibility index (Phi) is 4.49. The molecule has 3 atom stereocenters. The smallest absolute Gasteiger partial charge is 0.274 e. The molecule has 0 aromatic carbocycles. The minimum Gasteiger partial charge on any atom is -0.353 e. The van der Waals surface area contributed by atoms with Crippen LogP contribution in [0, 0.1) is 11.8 Å². The SMILES string of the molecule is O=C(Cc1ccn[nH]1)N[C@H]1CCC[C@H]2CN(C(=O)c3cn4cccnc4n3)C[C@H]21. The molecule has 2 amide bonds. The molecule has 0 radical (unpaired) electrons. The lowest BCUT2D eigenvalue weighted by Gasteiger charge is -2.33. The van der Waals surface area contributed by atoms with Gasteiger partial charge in [0.05, 0.1) is 6.42 Å². The predicted molar refractivity (Wildman–Crippen MR) is 104 cm³/mol. The number of carbonyl (C=O) groups is 2. The lowest BCUT2D eigenvalue weighted by molar-refractivity contribution is -0.121. The molecule has 29 heavy (non-hydrogen) atoms. The molecule has 2 N–H and O–H groups in total. The topological polar surface area (TPSA) is 108 Å². The van der Waals surface area contributed by atoms with Crippen molar-refractivity contribution in [2.45, 2.75) is 31.7 Å². The molecular formula is C20H23N7O2. The van der Waals surface area contributed by atoms with Crippen LogP contribution in [0.4, 0.5) is 0 Å². The summed E-state index contributed by atoms with van der Waals surface area (Å²) >= 11 is 0. The number of fused-ring (bicyclic) bond motifs is 2. The lowest BCUT2D eigenvalue weighted by Crippen LogP contribution is -2.46. The van der Waals surface area contributed by atoms with E-state index in [9.17, 15) is 9.59 Å². The number of carbonyl (C=O) groups excluding carboxylic acids is 2. The minimum atomic E-state index is -0.0626. The minimum absolute atomic E-state index is 0.00361. The third kappa shape index (κ3) is 3.48. The van der Waals surface area contributed by atoms with Crippen molar-refractivity contribution in [3.8, 4) is 0 Å². The van der Waals surface area contributed by atoms with Gasteiger partial charge < -0.3 is 10.2 Å². The zero-order chi connectivity index (χ0) is 19.8. The summed E-state index contributed by atoms with van der Waals surface area (Å²) in [5.41, 5.74) is 1.22. The average Bonchev–Trinajstić information content (AvgIpc) is 3.46. The van der Waals surface area contributed by atoms with Crippen molar-refractivity contribution < 1.29 is 9.59 Å². The fraction of sp³-hybridized carbons (Fsp3) is 0.450. The van der Waals surface area contributed by atoms with E-state index < -0.39 is 0 Å². The van der Waals surface area contributed by atoms with E-state index in [1.165, 1.54) is 0 Å². The van der Waals surface area contributed by atoms with Gasteiger partial charge in [-0.3, -0.25) is 19.1 Å². The molecular weight excluding hydrogens is 370 g/mol. The molecule has 0 bridgehead atoms. The van der Waals surface area contributed by atoms with Crippen LogP contribution < -0.4 is 5.32 Å². The van der Waals surface area contributed by atoms with Gasteiger partial charge in [-0.15, -0.1) is 0 Å². The third-order valence-electron chi connectivity index (χ3n) is 6.10. The molecule has 5 rings (SSSR count). The average molecular weight is 393 g/mol. The van der Waals surface area contributed by atoms with Crippen LogP contribution in [0.1, 0.15) is 35.4 Å². The fourth-order valence-corrected chi connectivity index (χ4v) is 4.73. The van der Waals surface area contributed by atoms with E-state index in [0.29, 0.717) is 30.4 Å². The Morgan fingerprint density at radius 1 is 1.24 bits per heavy atom. The molecule has 9 nitrogen and oxygen atoms in total. The van der Waals surface area contributed by atoms with Gasteiger partial charge in [-0.25, -0.2) is 9.97 Å². The van der Waals surface area contributed by atoms with Crippen LogP contribution in [0.3, 0.4) is 0 Å². The zero-order valence-electron chi connectivity index (χ0n) is 16.0. The highest BCUT2D eigenvalue weighted by atomic mass is 16.2. The fourth-order valence-electron chi connectivity index (χ4n) is 4.73. The molecule has 3 aromatic rings. The van der Waals surface area contributed by atoms with Gasteiger partial charge in [0, 0.05) is 55.5 Å². The molecule has 150 valence electrons. The van der Waals surface area contributed by atoms with Crippen LogP contribution in [0.5, 0.6) is 0 Å². The molecule has 3 aromatic heterocycles. The van der Waals surface area contributed by atoms with E-state index in [2.05, 4.69) is 25.5 Å². The standard InChI is InChI=1S/C20H23N7O2/c28-18(9-14-5-7-22-25-14)23-16-4-1-3-13-10-27(11-15(13)16)19(29)17-12-26-8-2-6-21-20(26)24-17/h2,5-8,12-13,15-16H,1,3-4,9-11H2,(H,22,25)(H,23,28)/t13-,15+,16-/m0/s1. The second-order valence-corrected chi connectivity index (χ2v) is 7.95. The van der Waals surface area contributed by atoms with E-state index >= 15 is 0 Å². The zero-order valence-corrected chi connectivity index (χ0v) is 16.0. The first kappa shape index (κ1) is 17.8. The Morgan fingerprint density at radius 2 is 2.17 bits per heavy atom. The summed E-state index contributed by atoms with van der Waals surface area (Å²) in [4.78, 5) is 35.9. The van der Waals surface area contributed by atoms with Gasteiger partial charge in [-0.05, 0) is 30.9 Å². The second-order valence-electron chi connectivity index (χ2n) is 7.95. The van der Waals surface area contributed by atoms with Crippen LogP contribution in [0.25, 0.3) is 5.78 Å². The van der Waals surface area contributed by atoms with Crippen molar-refractivity contribution in [2.24, 2.45) is 11.8 Å². The monoisotopic (exact) mass is 393 g/mol. The first-order valence-corrected chi connectivity index (χ1v) is 10.0. The Labute approximate surface area is 167 Å². The number of hydrogen-bond donors (Lipinski definition) is 2. The maximum Gasteiger partial charge on any atom is 0.274 e. The maximum atomic E-state index is 13.0. The molecule has 1 aliphatic heterocycles. The van der Waals surface area contributed by atoms with Gasteiger partial charge in [0.25, 0.3) is 5.91 Å². The van der Waals surface area contributed by atoms with Crippen LogP contribution in [-0.2, 0) is 11.2 Å². The number of nitrogens with one attached hydrogen (secondary N) is 2. The van der Waals surface area contributed by atoms with E-state index in [0.717, 1.165) is 31.5 Å². The predicted octanol–water partition coefficient (Wildman–Crippen LogP) is 1.05. The lowest BCUT2D eigenvalue weighted by atomic mass is 9.78. The molecule has 9 heteroatoms. The van der Waals surface area contributed by atoms with Gasteiger partial charge in [-0.1, -0.05) is 6.42 Å². The Morgan fingerprint density at radius 3 is 3.00 bits per heavy atom. The summed E-state index contributed by atoms with van der Waals surface area (Å²) in [6.45, 7) is 1.37. The third-order valence-corrected chi connectivity index (χ3v) is 6.10. The Bertz CT molecular complexity index is 996.